The van der Waals surface area contributed by atoms with Crippen LogP contribution < -0.4 is 0 Å². The van der Waals surface area contributed by atoms with Gasteiger partial charge in [-0.05, 0) is 55.1 Å². The van der Waals surface area contributed by atoms with Crippen molar-refractivity contribution in [1.29, 1.82) is 0 Å². The van der Waals surface area contributed by atoms with Gasteiger partial charge in [0.1, 0.15) is 5.76 Å². The molecule has 3 heterocycles. The lowest BCUT2D eigenvalue weighted by Gasteiger charge is -2.12. The molecule has 0 spiro atoms. The molecule has 1 saturated heterocycles. The lowest BCUT2D eigenvalue weighted by molar-refractivity contribution is -0.121. The summed E-state index contributed by atoms with van der Waals surface area (Å²) >= 11 is 1.32. The van der Waals surface area contributed by atoms with Gasteiger partial charge in [-0.1, -0.05) is 18.2 Å². The maximum Gasteiger partial charge on any atom is 0.267 e. The van der Waals surface area contributed by atoms with Crippen LogP contribution in [0.25, 0.3) is 6.08 Å². The minimum Gasteiger partial charge on any atom is -0.465 e. The van der Waals surface area contributed by atoms with Gasteiger partial charge in [-0.25, -0.2) is 9.98 Å². The number of aromatic nitrogens is 1. The quantitative estimate of drug-likeness (QED) is 0.594. The topological polar surface area (TPSA) is 58.7 Å². The molecule has 0 unspecified atom stereocenters. The van der Waals surface area contributed by atoms with Gasteiger partial charge in [0.05, 0.1) is 11.2 Å². The van der Waals surface area contributed by atoms with Crippen molar-refractivity contribution in [2.75, 3.05) is 6.54 Å². The molecule has 1 aliphatic rings. The van der Waals surface area contributed by atoms with E-state index in [1.54, 1.807) is 35.5 Å². The summed E-state index contributed by atoms with van der Waals surface area (Å²) in [7, 11) is 0. The van der Waals surface area contributed by atoms with Gasteiger partial charge in [0.15, 0.2) is 11.0 Å². The normalized spacial score (nSPS) is 18.0. The first-order valence-electron chi connectivity index (χ1n) is 7.72. The number of amides is 1. The molecule has 2 aromatic rings. The molecule has 25 heavy (non-hydrogen) atoms. The van der Waals surface area contributed by atoms with E-state index in [0.717, 1.165) is 11.5 Å². The molecule has 6 heteroatoms. The van der Waals surface area contributed by atoms with Crippen LogP contribution in [0.1, 0.15) is 11.5 Å². The number of rotatable bonds is 5. The Kier molecular flexibility index (Phi) is 5.30. The van der Waals surface area contributed by atoms with E-state index in [1.807, 2.05) is 37.3 Å². The van der Waals surface area contributed by atoms with E-state index in [-0.39, 0.29) is 5.91 Å². The van der Waals surface area contributed by atoms with E-state index in [9.17, 15) is 4.79 Å². The van der Waals surface area contributed by atoms with E-state index >= 15 is 0 Å². The van der Waals surface area contributed by atoms with Gasteiger partial charge in [-0.3, -0.25) is 9.69 Å². The number of carbonyl (C=O) groups is 1. The van der Waals surface area contributed by atoms with Crippen molar-refractivity contribution in [3.8, 4) is 0 Å². The summed E-state index contributed by atoms with van der Waals surface area (Å²) < 4.78 is 5.23. The summed E-state index contributed by atoms with van der Waals surface area (Å²) in [4.78, 5) is 23.7. The molecule has 0 saturated carbocycles. The molecule has 3 rings (SSSR count). The Morgan fingerprint density at radius 3 is 2.96 bits per heavy atom. The second-order valence-corrected chi connectivity index (χ2v) is 6.25. The van der Waals surface area contributed by atoms with E-state index in [0.29, 0.717) is 22.4 Å². The minimum absolute atomic E-state index is 0.0969. The van der Waals surface area contributed by atoms with Gasteiger partial charge in [0, 0.05) is 12.2 Å². The predicted octanol–water partition coefficient (Wildman–Crippen LogP) is 4.33. The van der Waals surface area contributed by atoms with Crippen LogP contribution in [-0.2, 0) is 4.79 Å². The second-order valence-electron chi connectivity index (χ2n) is 5.24. The molecule has 0 bridgehead atoms. The molecule has 126 valence electrons. The van der Waals surface area contributed by atoms with Gasteiger partial charge in [-0.2, -0.15) is 0 Å². The van der Waals surface area contributed by atoms with Gasteiger partial charge in [0.2, 0.25) is 0 Å². The first-order valence-corrected chi connectivity index (χ1v) is 8.54. The van der Waals surface area contributed by atoms with Crippen LogP contribution in [0.3, 0.4) is 0 Å². The number of nitrogens with zero attached hydrogens (tertiary/aromatic N) is 3. The first-order chi connectivity index (χ1) is 12.2. The Morgan fingerprint density at radius 1 is 1.36 bits per heavy atom. The summed E-state index contributed by atoms with van der Waals surface area (Å²) in [5.41, 5.74) is 0.878. The number of hydrogen-bond acceptors (Lipinski definition) is 5. The maximum absolute atomic E-state index is 12.6. The zero-order chi connectivity index (χ0) is 17.6. The van der Waals surface area contributed by atoms with Crippen molar-refractivity contribution < 1.29 is 9.21 Å². The van der Waals surface area contributed by atoms with Crippen molar-refractivity contribution >= 4 is 34.7 Å². The molecule has 0 atom stereocenters. The molecular formula is C19H17N3O2S. The SMILES string of the molecule is C=CCN1C(=O)/C(=C\C=C\c2ccco2)S/C1=N/c1cccc(C)n1. The number of hydrogen-bond donors (Lipinski definition) is 0. The molecule has 2 aromatic heterocycles. The number of allylic oxidation sites excluding steroid dienone is 2. The van der Waals surface area contributed by atoms with Crippen molar-refractivity contribution in [3.05, 3.63) is 77.8 Å². The van der Waals surface area contributed by atoms with Gasteiger partial charge < -0.3 is 4.42 Å². The van der Waals surface area contributed by atoms with Crippen LogP contribution in [0.15, 0.2) is 75.7 Å². The van der Waals surface area contributed by atoms with Crippen molar-refractivity contribution in [1.82, 2.24) is 9.88 Å². The number of carbonyl (C=O) groups excluding carboxylic acids is 1. The maximum atomic E-state index is 12.6. The number of pyridine rings is 1. The van der Waals surface area contributed by atoms with Crippen LogP contribution in [-0.4, -0.2) is 27.5 Å². The first kappa shape index (κ1) is 17.0. The van der Waals surface area contributed by atoms with E-state index in [1.165, 1.54) is 11.8 Å². The summed E-state index contributed by atoms with van der Waals surface area (Å²) in [5.74, 6) is 1.21. The van der Waals surface area contributed by atoms with Crippen LogP contribution in [0.4, 0.5) is 5.82 Å². The lowest BCUT2D eigenvalue weighted by Crippen LogP contribution is -2.29. The Labute approximate surface area is 150 Å². The van der Waals surface area contributed by atoms with Crippen molar-refractivity contribution in [2.24, 2.45) is 4.99 Å². The fourth-order valence-electron chi connectivity index (χ4n) is 2.20. The fourth-order valence-corrected chi connectivity index (χ4v) is 3.15. The highest BCUT2D eigenvalue weighted by Gasteiger charge is 2.32. The number of amidine groups is 1. The van der Waals surface area contributed by atoms with Crippen LogP contribution in [0.2, 0.25) is 0 Å². The molecule has 5 nitrogen and oxygen atoms in total. The zero-order valence-corrected chi connectivity index (χ0v) is 14.6. The summed E-state index contributed by atoms with van der Waals surface area (Å²) in [6, 6.07) is 9.27. The summed E-state index contributed by atoms with van der Waals surface area (Å²) in [6.45, 7) is 6.02. The minimum atomic E-state index is -0.0969. The van der Waals surface area contributed by atoms with Crippen LogP contribution in [0.5, 0.6) is 0 Å². The molecular weight excluding hydrogens is 334 g/mol. The third-order valence-electron chi connectivity index (χ3n) is 3.33. The molecule has 1 amide bonds. The number of furan rings is 1. The standard InChI is InChI=1S/C19H17N3O2S/c1-3-12-22-18(23)16(10-5-8-15-9-6-13-24-15)25-19(22)21-17-11-4-7-14(2)20-17/h3-11,13H,1,12H2,2H3/b8-5+,16-10+,21-19+. The Hall–Kier alpha value is -2.86. The molecule has 0 aliphatic carbocycles. The van der Waals surface area contributed by atoms with Gasteiger partial charge in [0.25, 0.3) is 5.91 Å². The number of aryl methyl sites for hydroxylation is 1. The fraction of sp³-hybridized carbons (Fsp3) is 0.105. The highest BCUT2D eigenvalue weighted by Crippen LogP contribution is 2.32. The second kappa shape index (κ2) is 7.81. The number of thioether (sulfide) groups is 1. The van der Waals surface area contributed by atoms with Crippen molar-refractivity contribution in [2.45, 2.75) is 6.92 Å². The van der Waals surface area contributed by atoms with Gasteiger partial charge >= 0.3 is 0 Å². The third kappa shape index (κ3) is 4.16. The average Bonchev–Trinajstić information content (AvgIpc) is 3.19. The Balaban J connectivity index is 1.85. The molecule has 1 fully saturated rings. The highest BCUT2D eigenvalue weighted by molar-refractivity contribution is 8.18. The average molecular weight is 351 g/mol. The van der Waals surface area contributed by atoms with Crippen LogP contribution >= 0.6 is 11.8 Å². The largest absolute Gasteiger partial charge is 0.465 e. The highest BCUT2D eigenvalue weighted by atomic mass is 32.2. The predicted molar refractivity (Wildman–Crippen MR) is 101 cm³/mol. The summed E-state index contributed by atoms with van der Waals surface area (Å²) in [6.07, 6.45) is 8.64. The third-order valence-corrected chi connectivity index (χ3v) is 4.36. The van der Waals surface area contributed by atoms with Crippen molar-refractivity contribution in [3.63, 3.8) is 0 Å². The van der Waals surface area contributed by atoms with E-state index < -0.39 is 0 Å². The smallest absolute Gasteiger partial charge is 0.267 e. The Morgan fingerprint density at radius 2 is 2.24 bits per heavy atom. The monoisotopic (exact) mass is 351 g/mol. The summed E-state index contributed by atoms with van der Waals surface area (Å²) in [5, 5.41) is 0.598. The molecule has 1 aliphatic heterocycles. The van der Waals surface area contributed by atoms with Gasteiger partial charge in [-0.15, -0.1) is 6.58 Å². The lowest BCUT2D eigenvalue weighted by atomic mass is 10.3. The zero-order valence-electron chi connectivity index (χ0n) is 13.8. The molecule has 0 radical (unpaired) electrons. The Bertz CT molecular complexity index is 867. The number of aliphatic imine (C=N–C) groups is 1. The molecule has 0 N–H and O–H groups in total. The van der Waals surface area contributed by atoms with E-state index in [2.05, 4.69) is 16.6 Å². The van der Waals surface area contributed by atoms with Crippen LogP contribution in [0, 0.1) is 6.92 Å². The molecule has 0 aromatic carbocycles. The van der Waals surface area contributed by atoms with E-state index in [4.69, 9.17) is 4.42 Å².